The molecule has 0 radical (unpaired) electrons. The molecule has 0 unspecified atom stereocenters. The normalized spacial score (nSPS) is 11.7. The van der Waals surface area contributed by atoms with Crippen LogP contribution < -0.4 is 11.1 Å². The largest absolute Gasteiger partial charge is 0.320 e. The zero-order valence-corrected chi connectivity index (χ0v) is 12.6. The molecular weight excluding hydrogens is 300 g/mol. The minimum atomic E-state index is -0.170. The molecule has 0 amide bonds. The summed E-state index contributed by atoms with van der Waals surface area (Å²) in [5.41, 5.74) is 4.60. The standard InChI is InChI=1S/C20H12N2O2/c23-19-13-9-10-14(18-12-6-2-1-5-11(12)17(13)18)20(24)22-16-8-4-3-7-15(16)21-19/h1-10H,(H,21,23)(H,22,24). The van der Waals surface area contributed by atoms with Gasteiger partial charge in [0.25, 0.3) is 11.1 Å². The Morgan fingerprint density at radius 2 is 0.958 bits per heavy atom. The van der Waals surface area contributed by atoms with E-state index in [1.165, 1.54) is 0 Å². The number of rotatable bonds is 0. The summed E-state index contributed by atoms with van der Waals surface area (Å²) >= 11 is 0. The Kier molecular flexibility index (Phi) is 2.48. The van der Waals surface area contributed by atoms with Gasteiger partial charge in [-0.2, -0.15) is 0 Å². The minimum Gasteiger partial charge on any atom is -0.320 e. The summed E-state index contributed by atoms with van der Waals surface area (Å²) in [7, 11) is 0. The van der Waals surface area contributed by atoms with Crippen molar-refractivity contribution in [3.63, 3.8) is 0 Å². The van der Waals surface area contributed by atoms with Crippen LogP contribution in [0.1, 0.15) is 0 Å². The van der Waals surface area contributed by atoms with Gasteiger partial charge >= 0.3 is 0 Å². The maximum absolute atomic E-state index is 12.8. The van der Waals surface area contributed by atoms with Crippen molar-refractivity contribution >= 4 is 21.8 Å². The number of hydrogen-bond donors (Lipinski definition) is 2. The number of hydrogen-bond acceptors (Lipinski definition) is 2. The van der Waals surface area contributed by atoms with Crippen LogP contribution in [0.4, 0.5) is 0 Å². The molecule has 2 bridgehead atoms. The van der Waals surface area contributed by atoms with Crippen LogP contribution >= 0.6 is 0 Å². The van der Waals surface area contributed by atoms with Crippen molar-refractivity contribution in [3.05, 3.63) is 81.4 Å². The molecule has 0 fully saturated rings. The zero-order chi connectivity index (χ0) is 16.3. The number of para-hydroxylation sites is 2. The van der Waals surface area contributed by atoms with Gasteiger partial charge in [-0.1, -0.05) is 36.4 Å². The number of fused-ring (bicyclic) bond motifs is 4. The van der Waals surface area contributed by atoms with E-state index in [4.69, 9.17) is 0 Å². The maximum Gasteiger partial charge on any atom is 0.256 e. The maximum atomic E-state index is 12.8. The minimum absolute atomic E-state index is 0.170. The fraction of sp³-hybridized carbons (Fsp3) is 0. The zero-order valence-electron chi connectivity index (χ0n) is 12.6. The van der Waals surface area contributed by atoms with Crippen molar-refractivity contribution < 1.29 is 0 Å². The Bertz CT molecular complexity index is 1200. The van der Waals surface area contributed by atoms with Gasteiger partial charge in [0, 0.05) is 21.9 Å². The smallest absolute Gasteiger partial charge is 0.256 e. The van der Waals surface area contributed by atoms with Gasteiger partial charge in [0.2, 0.25) is 0 Å². The van der Waals surface area contributed by atoms with E-state index in [2.05, 4.69) is 9.97 Å². The molecule has 2 N–H and O–H groups in total. The lowest BCUT2D eigenvalue weighted by Gasteiger charge is -2.25. The van der Waals surface area contributed by atoms with Crippen molar-refractivity contribution in [1.29, 1.82) is 0 Å². The molecule has 0 saturated carbocycles. The van der Waals surface area contributed by atoms with Gasteiger partial charge in [-0.15, -0.1) is 0 Å². The highest BCUT2D eigenvalue weighted by molar-refractivity contribution is 6.15. The van der Waals surface area contributed by atoms with Gasteiger partial charge in [0.1, 0.15) is 0 Å². The molecule has 2 aromatic heterocycles. The summed E-state index contributed by atoms with van der Waals surface area (Å²) in [6, 6.07) is 18.5. The molecule has 0 aliphatic heterocycles. The quantitative estimate of drug-likeness (QED) is 0.459. The number of H-pyrrole nitrogens is 2. The molecule has 0 spiro atoms. The van der Waals surface area contributed by atoms with Gasteiger partial charge < -0.3 is 9.97 Å². The lowest BCUT2D eigenvalue weighted by atomic mass is 9.77. The molecule has 114 valence electrons. The fourth-order valence-corrected chi connectivity index (χ4v) is 3.48. The van der Waals surface area contributed by atoms with Crippen LogP contribution in [-0.4, -0.2) is 9.97 Å². The Labute approximate surface area is 136 Å². The van der Waals surface area contributed by atoms with E-state index in [0.717, 1.165) is 22.3 Å². The Hall–Kier alpha value is -3.40. The van der Waals surface area contributed by atoms with Crippen LogP contribution in [0.15, 0.2) is 70.3 Å². The SMILES string of the molecule is O=c1[nH]c2ccccc2[nH]c(=O)c2ccc1c1c2-c2ccccc2-1. The molecule has 4 heteroatoms. The predicted molar refractivity (Wildman–Crippen MR) is 95.9 cm³/mol. The topological polar surface area (TPSA) is 65.7 Å². The van der Waals surface area contributed by atoms with Crippen molar-refractivity contribution in [1.82, 2.24) is 9.97 Å². The molecule has 6 rings (SSSR count). The van der Waals surface area contributed by atoms with E-state index < -0.39 is 0 Å². The van der Waals surface area contributed by atoms with Crippen molar-refractivity contribution in [3.8, 4) is 22.3 Å². The van der Waals surface area contributed by atoms with Gasteiger partial charge in [-0.25, -0.2) is 0 Å². The van der Waals surface area contributed by atoms with E-state index in [1.807, 2.05) is 36.4 Å². The average molecular weight is 312 g/mol. The third-order valence-corrected chi connectivity index (χ3v) is 4.58. The number of benzene rings is 3. The highest BCUT2D eigenvalue weighted by Gasteiger charge is 2.26. The lowest BCUT2D eigenvalue weighted by molar-refractivity contribution is 1.29. The van der Waals surface area contributed by atoms with Crippen LogP contribution in [0.25, 0.3) is 44.1 Å². The van der Waals surface area contributed by atoms with Gasteiger partial charge in [0.05, 0.1) is 11.0 Å². The Morgan fingerprint density at radius 1 is 0.542 bits per heavy atom. The highest BCUT2D eigenvalue weighted by Crippen LogP contribution is 2.49. The summed E-state index contributed by atoms with van der Waals surface area (Å²) in [6.45, 7) is 0. The van der Waals surface area contributed by atoms with Gasteiger partial charge in [-0.3, -0.25) is 9.59 Å². The van der Waals surface area contributed by atoms with Crippen LogP contribution in [0.5, 0.6) is 0 Å². The first-order valence-electron chi connectivity index (χ1n) is 7.72. The average Bonchev–Trinajstić information content (AvgIpc) is 2.59. The number of nitrogens with one attached hydrogen (secondary N) is 2. The van der Waals surface area contributed by atoms with Crippen LogP contribution in [-0.2, 0) is 0 Å². The fourth-order valence-electron chi connectivity index (χ4n) is 3.48. The first-order chi connectivity index (χ1) is 11.7. The molecule has 5 aromatic rings. The molecule has 3 aromatic carbocycles. The third-order valence-electron chi connectivity index (χ3n) is 4.58. The van der Waals surface area contributed by atoms with Gasteiger partial charge in [-0.05, 0) is 35.4 Å². The summed E-state index contributed by atoms with van der Waals surface area (Å²) in [5.74, 6) is 0. The molecule has 1 aliphatic carbocycles. The van der Waals surface area contributed by atoms with Crippen LogP contribution in [0.3, 0.4) is 0 Å². The molecular formula is C20H12N2O2. The van der Waals surface area contributed by atoms with Crippen molar-refractivity contribution in [2.75, 3.05) is 0 Å². The molecule has 4 nitrogen and oxygen atoms in total. The monoisotopic (exact) mass is 312 g/mol. The number of aromatic nitrogens is 2. The van der Waals surface area contributed by atoms with E-state index in [9.17, 15) is 9.59 Å². The molecule has 0 saturated heterocycles. The molecule has 1 aliphatic rings. The summed E-state index contributed by atoms with van der Waals surface area (Å²) < 4.78 is 0. The van der Waals surface area contributed by atoms with E-state index in [1.54, 1.807) is 24.3 Å². The molecule has 0 atom stereocenters. The van der Waals surface area contributed by atoms with Crippen molar-refractivity contribution in [2.24, 2.45) is 0 Å². The van der Waals surface area contributed by atoms with Crippen molar-refractivity contribution in [2.45, 2.75) is 0 Å². The molecule has 2 heterocycles. The Morgan fingerprint density at radius 3 is 1.42 bits per heavy atom. The summed E-state index contributed by atoms with van der Waals surface area (Å²) in [6.07, 6.45) is 0. The van der Waals surface area contributed by atoms with E-state index in [-0.39, 0.29) is 11.1 Å². The van der Waals surface area contributed by atoms with E-state index in [0.29, 0.717) is 21.8 Å². The molecule has 24 heavy (non-hydrogen) atoms. The Balaban J connectivity index is 2.09. The second-order valence-electron chi connectivity index (χ2n) is 5.91. The number of aromatic amines is 2. The van der Waals surface area contributed by atoms with Crippen LogP contribution in [0, 0.1) is 0 Å². The highest BCUT2D eigenvalue weighted by atomic mass is 16.1. The first-order valence-corrected chi connectivity index (χ1v) is 7.72. The second-order valence-corrected chi connectivity index (χ2v) is 5.91. The van der Waals surface area contributed by atoms with Gasteiger partial charge in [0.15, 0.2) is 0 Å². The first kappa shape index (κ1) is 13.1. The van der Waals surface area contributed by atoms with E-state index >= 15 is 0 Å². The predicted octanol–water partition coefficient (Wildman–Crippen LogP) is 3.58. The summed E-state index contributed by atoms with van der Waals surface area (Å²) in [4.78, 5) is 31.4. The second kappa shape index (κ2) is 4.55. The van der Waals surface area contributed by atoms with Crippen LogP contribution in [0.2, 0.25) is 0 Å². The lowest BCUT2D eigenvalue weighted by Crippen LogP contribution is -2.14. The third kappa shape index (κ3) is 1.62. The summed E-state index contributed by atoms with van der Waals surface area (Å²) in [5, 5.41) is 1.19.